The molecule has 0 atom stereocenters. The van der Waals surface area contributed by atoms with Crippen molar-refractivity contribution in [1.82, 2.24) is 10.2 Å². The lowest BCUT2D eigenvalue weighted by Gasteiger charge is -2.55. The summed E-state index contributed by atoms with van der Waals surface area (Å²) < 4.78 is 0. The van der Waals surface area contributed by atoms with Gasteiger partial charge in [-0.1, -0.05) is 12.1 Å². The Balaban J connectivity index is 1.38. The summed E-state index contributed by atoms with van der Waals surface area (Å²) in [4.78, 5) is 26.5. The summed E-state index contributed by atoms with van der Waals surface area (Å²) in [6.45, 7) is 0.553. The molecule has 0 aromatic heterocycles. The van der Waals surface area contributed by atoms with Crippen LogP contribution in [-0.2, 0) is 11.3 Å². The van der Waals surface area contributed by atoms with Crippen LogP contribution in [0.1, 0.15) is 54.4 Å². The van der Waals surface area contributed by atoms with Crippen LogP contribution < -0.4 is 5.32 Å². The van der Waals surface area contributed by atoms with Crippen LogP contribution in [0.5, 0.6) is 0 Å². The lowest BCUT2D eigenvalue weighted by Crippen LogP contribution is -2.53. The highest BCUT2D eigenvalue weighted by Crippen LogP contribution is 2.60. The number of nitrogens with one attached hydrogen (secondary N) is 1. The Bertz CT molecular complexity index is 642. The number of benzene rings is 1. The molecular formula is C21H28N2O2. The van der Waals surface area contributed by atoms with E-state index in [4.69, 9.17) is 0 Å². The van der Waals surface area contributed by atoms with Crippen molar-refractivity contribution >= 4 is 11.8 Å². The van der Waals surface area contributed by atoms with Crippen LogP contribution in [-0.4, -0.2) is 30.8 Å². The summed E-state index contributed by atoms with van der Waals surface area (Å²) in [6.07, 6.45) is 7.36. The summed E-state index contributed by atoms with van der Waals surface area (Å²) in [5, 5.41) is 3.19. The average molecular weight is 340 g/mol. The molecule has 0 radical (unpaired) electrons. The van der Waals surface area contributed by atoms with E-state index in [0.29, 0.717) is 12.1 Å². The van der Waals surface area contributed by atoms with E-state index in [1.54, 1.807) is 19.0 Å². The zero-order valence-electron chi connectivity index (χ0n) is 15.3. The highest BCUT2D eigenvalue weighted by atomic mass is 16.2. The Kier molecular flexibility index (Phi) is 4.09. The summed E-state index contributed by atoms with van der Waals surface area (Å²) in [5.41, 5.74) is 1.64. The van der Waals surface area contributed by atoms with Crippen LogP contribution >= 0.6 is 0 Å². The lowest BCUT2D eigenvalue weighted by molar-refractivity contribution is -0.146. The largest absolute Gasteiger partial charge is 0.352 e. The number of hydrogen-bond donors (Lipinski definition) is 1. The normalized spacial score (nSPS) is 32.5. The Morgan fingerprint density at radius 2 is 1.52 bits per heavy atom. The fourth-order valence-corrected chi connectivity index (χ4v) is 5.78. The van der Waals surface area contributed by atoms with Crippen molar-refractivity contribution in [3.8, 4) is 0 Å². The van der Waals surface area contributed by atoms with Crippen molar-refractivity contribution in [3.05, 3.63) is 35.4 Å². The summed E-state index contributed by atoms with van der Waals surface area (Å²) in [7, 11) is 3.50. The van der Waals surface area contributed by atoms with Crippen LogP contribution in [0.3, 0.4) is 0 Å². The topological polar surface area (TPSA) is 49.4 Å². The molecule has 0 unspecified atom stereocenters. The number of nitrogens with zero attached hydrogens (tertiary/aromatic N) is 1. The molecule has 4 aliphatic carbocycles. The number of carbonyl (C=O) groups excluding carboxylic acids is 2. The van der Waals surface area contributed by atoms with Crippen molar-refractivity contribution in [2.24, 2.45) is 23.2 Å². The van der Waals surface area contributed by atoms with Gasteiger partial charge in [0.1, 0.15) is 0 Å². The summed E-state index contributed by atoms with van der Waals surface area (Å²) in [5.74, 6) is 2.62. The third-order valence-electron chi connectivity index (χ3n) is 6.58. The zero-order valence-corrected chi connectivity index (χ0v) is 15.3. The molecule has 5 rings (SSSR count). The van der Waals surface area contributed by atoms with E-state index in [-0.39, 0.29) is 17.2 Å². The first-order valence-corrected chi connectivity index (χ1v) is 9.54. The minimum Gasteiger partial charge on any atom is -0.352 e. The molecule has 4 nitrogen and oxygen atoms in total. The maximum Gasteiger partial charge on any atom is 0.253 e. The second-order valence-electron chi connectivity index (χ2n) is 8.78. The molecule has 134 valence electrons. The number of rotatable bonds is 4. The van der Waals surface area contributed by atoms with Gasteiger partial charge in [0.2, 0.25) is 5.91 Å². The standard InChI is InChI=1S/C21H28N2O2/c1-23(2)19(24)18-5-3-14(4-6-18)13-22-20(25)21-10-15-7-16(11-21)9-17(8-15)12-21/h3-6,15-17H,7-13H2,1-2H3,(H,22,25). The van der Waals surface area contributed by atoms with Crippen LogP contribution in [0.25, 0.3) is 0 Å². The second kappa shape index (κ2) is 6.15. The van der Waals surface area contributed by atoms with Crippen molar-refractivity contribution in [1.29, 1.82) is 0 Å². The fourth-order valence-electron chi connectivity index (χ4n) is 5.78. The van der Waals surface area contributed by atoms with Gasteiger partial charge < -0.3 is 10.2 Å². The van der Waals surface area contributed by atoms with Gasteiger partial charge in [0.15, 0.2) is 0 Å². The van der Waals surface area contributed by atoms with Gasteiger partial charge in [-0.05, 0) is 74.0 Å². The average Bonchev–Trinajstić information content (AvgIpc) is 2.58. The highest BCUT2D eigenvalue weighted by Gasteiger charge is 2.54. The van der Waals surface area contributed by atoms with Crippen LogP contribution in [0.15, 0.2) is 24.3 Å². The van der Waals surface area contributed by atoms with Crippen LogP contribution in [0.2, 0.25) is 0 Å². The molecule has 1 aromatic rings. The minimum atomic E-state index is -0.0877. The van der Waals surface area contributed by atoms with Gasteiger partial charge in [-0.15, -0.1) is 0 Å². The van der Waals surface area contributed by atoms with E-state index in [0.717, 1.165) is 42.6 Å². The Hall–Kier alpha value is -1.84. The third-order valence-corrected chi connectivity index (χ3v) is 6.58. The van der Waals surface area contributed by atoms with E-state index in [1.807, 2.05) is 24.3 Å². The number of hydrogen-bond acceptors (Lipinski definition) is 2. The highest BCUT2D eigenvalue weighted by molar-refractivity contribution is 5.93. The predicted octanol–water partition coefficient (Wildman–Crippen LogP) is 3.22. The Morgan fingerprint density at radius 1 is 1.00 bits per heavy atom. The van der Waals surface area contributed by atoms with E-state index in [2.05, 4.69) is 5.32 Å². The van der Waals surface area contributed by atoms with Gasteiger partial charge in [0.25, 0.3) is 5.91 Å². The molecule has 0 spiro atoms. The molecule has 0 aliphatic heterocycles. The van der Waals surface area contributed by atoms with E-state index in [1.165, 1.54) is 19.3 Å². The molecule has 1 N–H and O–H groups in total. The van der Waals surface area contributed by atoms with E-state index >= 15 is 0 Å². The Labute approximate surface area is 150 Å². The SMILES string of the molecule is CN(C)C(=O)c1ccc(CNC(=O)C23CC4CC(CC(C4)C2)C3)cc1. The van der Waals surface area contributed by atoms with Crippen molar-refractivity contribution < 1.29 is 9.59 Å². The van der Waals surface area contributed by atoms with Crippen molar-refractivity contribution in [2.75, 3.05) is 14.1 Å². The monoisotopic (exact) mass is 340 g/mol. The molecule has 0 heterocycles. The van der Waals surface area contributed by atoms with Crippen molar-refractivity contribution in [3.63, 3.8) is 0 Å². The van der Waals surface area contributed by atoms with Gasteiger partial charge in [-0.2, -0.15) is 0 Å². The quantitative estimate of drug-likeness (QED) is 0.915. The second-order valence-corrected chi connectivity index (χ2v) is 8.78. The molecule has 0 saturated heterocycles. The van der Waals surface area contributed by atoms with Gasteiger partial charge >= 0.3 is 0 Å². The van der Waals surface area contributed by atoms with Crippen LogP contribution in [0.4, 0.5) is 0 Å². The molecule has 4 fully saturated rings. The zero-order chi connectivity index (χ0) is 17.6. The third kappa shape index (κ3) is 3.07. The molecule has 4 heteroatoms. The fraction of sp³-hybridized carbons (Fsp3) is 0.619. The molecule has 4 aliphatic rings. The number of amides is 2. The van der Waals surface area contributed by atoms with Gasteiger partial charge in [0, 0.05) is 31.6 Å². The summed E-state index contributed by atoms with van der Waals surface area (Å²) in [6, 6.07) is 7.57. The van der Waals surface area contributed by atoms with Gasteiger partial charge in [0.05, 0.1) is 0 Å². The maximum absolute atomic E-state index is 13.0. The molecule has 25 heavy (non-hydrogen) atoms. The first kappa shape index (κ1) is 16.6. The van der Waals surface area contributed by atoms with Crippen LogP contribution in [0, 0.1) is 23.2 Å². The van der Waals surface area contributed by atoms with Gasteiger partial charge in [-0.3, -0.25) is 9.59 Å². The number of carbonyl (C=O) groups is 2. The molecular weight excluding hydrogens is 312 g/mol. The van der Waals surface area contributed by atoms with Gasteiger partial charge in [-0.25, -0.2) is 0 Å². The predicted molar refractivity (Wildman–Crippen MR) is 96.9 cm³/mol. The first-order chi connectivity index (χ1) is 11.9. The summed E-state index contributed by atoms with van der Waals surface area (Å²) >= 11 is 0. The van der Waals surface area contributed by atoms with E-state index in [9.17, 15) is 9.59 Å². The molecule has 4 bridgehead atoms. The molecule has 1 aromatic carbocycles. The smallest absolute Gasteiger partial charge is 0.253 e. The Morgan fingerprint density at radius 3 is 2.00 bits per heavy atom. The molecule has 2 amide bonds. The van der Waals surface area contributed by atoms with E-state index < -0.39 is 0 Å². The molecule has 4 saturated carbocycles. The first-order valence-electron chi connectivity index (χ1n) is 9.54. The maximum atomic E-state index is 13.0. The lowest BCUT2D eigenvalue weighted by atomic mass is 9.49. The van der Waals surface area contributed by atoms with Crippen molar-refractivity contribution in [2.45, 2.75) is 45.1 Å². The minimum absolute atomic E-state index is 0.00385.